The van der Waals surface area contributed by atoms with E-state index in [-0.39, 0.29) is 46.4 Å². The molecule has 41 heavy (non-hydrogen) atoms. The fourth-order valence-corrected chi connectivity index (χ4v) is 7.16. The second-order valence-corrected chi connectivity index (χ2v) is 14.3. The lowest BCUT2D eigenvalue weighted by Gasteiger charge is -2.41. The monoisotopic (exact) mass is 582 g/mol. The van der Waals surface area contributed by atoms with E-state index < -0.39 is 9.84 Å². The van der Waals surface area contributed by atoms with Crippen molar-refractivity contribution in [2.45, 2.75) is 75.1 Å². The molecular formula is C32H46N4O4S. The van der Waals surface area contributed by atoms with E-state index in [0.29, 0.717) is 12.5 Å². The minimum Gasteiger partial charge on any atom is -0.333 e. The predicted octanol–water partition coefficient (Wildman–Crippen LogP) is 5.12. The number of hydrogen-bond donors (Lipinski definition) is 1. The molecule has 1 saturated carbocycles. The summed E-state index contributed by atoms with van der Waals surface area (Å²) in [5.74, 6) is 0.807. The van der Waals surface area contributed by atoms with Crippen LogP contribution >= 0.6 is 0 Å². The number of hydrogen-bond acceptors (Lipinski definition) is 6. The number of nitrogens with zero attached hydrogens (tertiary/aromatic N) is 3. The van der Waals surface area contributed by atoms with Crippen LogP contribution < -0.4 is 5.32 Å². The molecule has 2 amide bonds. The zero-order chi connectivity index (χ0) is 29.6. The second-order valence-electron chi connectivity index (χ2n) is 12.3. The number of carbonyl (C=O) groups is 2. The van der Waals surface area contributed by atoms with Crippen LogP contribution in [0.25, 0.3) is 0 Å². The van der Waals surface area contributed by atoms with E-state index in [1.165, 1.54) is 43.2 Å². The van der Waals surface area contributed by atoms with Gasteiger partial charge in [0.2, 0.25) is 11.8 Å². The van der Waals surface area contributed by atoms with E-state index in [2.05, 4.69) is 66.6 Å². The molecule has 9 heteroatoms. The van der Waals surface area contributed by atoms with Gasteiger partial charge in [-0.3, -0.25) is 14.5 Å². The van der Waals surface area contributed by atoms with Gasteiger partial charge >= 0.3 is 0 Å². The van der Waals surface area contributed by atoms with E-state index in [1.54, 1.807) is 4.90 Å². The number of rotatable bonds is 8. The summed E-state index contributed by atoms with van der Waals surface area (Å²) < 4.78 is 23.5. The van der Waals surface area contributed by atoms with Crippen molar-refractivity contribution >= 4 is 27.5 Å². The van der Waals surface area contributed by atoms with E-state index in [0.717, 1.165) is 44.8 Å². The highest BCUT2D eigenvalue weighted by atomic mass is 32.2. The molecule has 1 aromatic heterocycles. The molecule has 2 aromatic rings. The van der Waals surface area contributed by atoms with Gasteiger partial charge in [-0.2, -0.15) is 0 Å². The van der Waals surface area contributed by atoms with Crippen LogP contribution in [0.4, 0.5) is 5.82 Å². The maximum atomic E-state index is 13.9. The van der Waals surface area contributed by atoms with Crippen LogP contribution in [0.5, 0.6) is 0 Å². The summed E-state index contributed by atoms with van der Waals surface area (Å²) in [5.41, 5.74) is 1.16. The number of aromatic nitrogens is 1. The van der Waals surface area contributed by atoms with Crippen molar-refractivity contribution in [3.63, 3.8) is 0 Å². The number of sulfone groups is 1. The summed E-state index contributed by atoms with van der Waals surface area (Å²) in [7, 11) is 0.924. The summed E-state index contributed by atoms with van der Waals surface area (Å²) in [6.45, 7) is 2.49. The van der Waals surface area contributed by atoms with Gasteiger partial charge in [0, 0.05) is 30.5 Å². The van der Waals surface area contributed by atoms with Crippen molar-refractivity contribution in [3.05, 3.63) is 54.2 Å². The maximum Gasteiger partial charge on any atom is 0.245 e. The average molecular weight is 583 g/mol. The highest BCUT2D eigenvalue weighted by Gasteiger charge is 2.37. The first-order valence-corrected chi connectivity index (χ1v) is 16.9. The lowest BCUT2D eigenvalue weighted by molar-refractivity contribution is -0.140. The predicted molar refractivity (Wildman–Crippen MR) is 162 cm³/mol. The van der Waals surface area contributed by atoms with E-state index in [4.69, 9.17) is 0 Å². The third-order valence-electron chi connectivity index (χ3n) is 9.39. The van der Waals surface area contributed by atoms with E-state index >= 15 is 0 Å². The van der Waals surface area contributed by atoms with Crippen molar-refractivity contribution in [1.29, 1.82) is 0 Å². The Morgan fingerprint density at radius 2 is 1.76 bits per heavy atom. The molecule has 1 aliphatic carbocycles. The molecule has 3 atom stereocenters. The van der Waals surface area contributed by atoms with Crippen molar-refractivity contribution in [1.82, 2.24) is 14.8 Å². The van der Waals surface area contributed by atoms with Crippen molar-refractivity contribution in [2.24, 2.45) is 17.8 Å². The molecule has 224 valence electrons. The minimum atomic E-state index is -3.38. The minimum absolute atomic E-state index is 0.0434. The summed E-state index contributed by atoms with van der Waals surface area (Å²) in [5, 5.41) is 2.75. The van der Waals surface area contributed by atoms with Crippen molar-refractivity contribution < 1.29 is 18.0 Å². The third-order valence-corrected chi connectivity index (χ3v) is 10.5. The Balaban J connectivity index is 1.55. The van der Waals surface area contributed by atoms with Gasteiger partial charge in [0.15, 0.2) is 9.84 Å². The highest BCUT2D eigenvalue weighted by molar-refractivity contribution is 7.90. The molecule has 4 rings (SSSR count). The normalized spacial score (nSPS) is 24.9. The van der Waals surface area contributed by atoms with Crippen LogP contribution in [-0.4, -0.2) is 68.5 Å². The fraction of sp³-hybridized carbons (Fsp3) is 0.594. The van der Waals surface area contributed by atoms with Crippen LogP contribution in [0, 0.1) is 17.8 Å². The molecule has 8 nitrogen and oxygen atoms in total. The quantitative estimate of drug-likeness (QED) is 0.464. The zero-order valence-corrected chi connectivity index (χ0v) is 25.8. The zero-order valence-electron chi connectivity index (χ0n) is 25.0. The standard InChI is InChI=1S/C32H46N4O4S/c1-24-26(21-25-11-8-12-25)13-9-18-32(35(2)3,27-14-6-5-7-15-27)19-10-20-36(31(24)38)23-30(37)34-29-17-16-28(22-33-29)41(4,39)40/h5-7,14-17,22,24-26H,8-13,18-21,23H2,1-4H3,(H,33,34,37)/t24?,26?,32-/m1/s1. The van der Waals surface area contributed by atoms with Crippen molar-refractivity contribution in [2.75, 3.05) is 38.8 Å². The Morgan fingerprint density at radius 1 is 1.05 bits per heavy atom. The molecule has 0 spiro atoms. The summed E-state index contributed by atoms with van der Waals surface area (Å²) in [4.78, 5) is 35.3. The van der Waals surface area contributed by atoms with Gasteiger partial charge in [-0.15, -0.1) is 0 Å². The Bertz CT molecular complexity index is 1280. The Hall–Kier alpha value is -2.78. The molecule has 2 fully saturated rings. The number of carbonyl (C=O) groups excluding carboxylic acids is 2. The first-order chi connectivity index (χ1) is 19.5. The SMILES string of the molecule is CC1C(=O)N(CC(=O)Nc2ccc(S(C)(=O)=O)cn2)CCC[C@](c2ccccc2)(N(C)C)CCCC1CC1CCC1. The molecule has 0 bridgehead atoms. The van der Waals surface area contributed by atoms with Crippen LogP contribution in [0.2, 0.25) is 0 Å². The topological polar surface area (TPSA) is 99.7 Å². The van der Waals surface area contributed by atoms with Gasteiger partial charge in [-0.25, -0.2) is 13.4 Å². The molecule has 2 aliphatic rings. The van der Waals surface area contributed by atoms with Gasteiger partial charge in [0.25, 0.3) is 0 Å². The molecule has 2 unspecified atom stereocenters. The Morgan fingerprint density at radius 3 is 2.34 bits per heavy atom. The van der Waals surface area contributed by atoms with E-state index in [1.807, 2.05) is 0 Å². The Kier molecular flexibility index (Phi) is 10.2. The van der Waals surface area contributed by atoms with Gasteiger partial charge in [0.05, 0.1) is 11.4 Å². The number of nitrogens with one attached hydrogen (secondary N) is 1. The van der Waals surface area contributed by atoms with Gasteiger partial charge in [0.1, 0.15) is 5.82 Å². The third kappa shape index (κ3) is 7.74. The first-order valence-electron chi connectivity index (χ1n) is 15.0. The summed E-state index contributed by atoms with van der Waals surface area (Å²) >= 11 is 0. The molecular weight excluding hydrogens is 536 g/mol. The molecule has 1 aromatic carbocycles. The van der Waals surface area contributed by atoms with Crippen LogP contribution in [0.1, 0.15) is 70.3 Å². The number of amides is 2. The molecule has 0 radical (unpaired) electrons. The average Bonchev–Trinajstić information content (AvgIpc) is 2.93. The van der Waals surface area contributed by atoms with Crippen molar-refractivity contribution in [3.8, 4) is 0 Å². The van der Waals surface area contributed by atoms with Crippen LogP contribution in [0.15, 0.2) is 53.6 Å². The van der Waals surface area contributed by atoms with Gasteiger partial charge in [-0.05, 0) is 75.7 Å². The molecule has 1 N–H and O–H groups in total. The number of pyridine rings is 1. The molecule has 1 aliphatic heterocycles. The van der Waals surface area contributed by atoms with Gasteiger partial charge < -0.3 is 10.2 Å². The number of anilines is 1. The smallest absolute Gasteiger partial charge is 0.245 e. The second kappa shape index (κ2) is 13.5. The van der Waals surface area contributed by atoms with Crippen LogP contribution in [0.3, 0.4) is 0 Å². The van der Waals surface area contributed by atoms with Crippen LogP contribution in [-0.2, 0) is 25.0 Å². The van der Waals surface area contributed by atoms with Gasteiger partial charge in [-0.1, -0.05) is 62.9 Å². The number of benzene rings is 1. The lowest BCUT2D eigenvalue weighted by Crippen LogP contribution is -2.44. The molecule has 1 saturated heterocycles. The summed E-state index contributed by atoms with van der Waals surface area (Å²) in [6.07, 6.45) is 11.9. The fourth-order valence-electron chi connectivity index (χ4n) is 6.60. The largest absolute Gasteiger partial charge is 0.333 e. The Labute approximate surface area is 245 Å². The maximum absolute atomic E-state index is 13.9. The lowest BCUT2D eigenvalue weighted by atomic mass is 9.73. The first kappa shape index (κ1) is 31.2. The van der Waals surface area contributed by atoms with E-state index in [9.17, 15) is 18.0 Å². The summed E-state index contributed by atoms with van der Waals surface area (Å²) in [6, 6.07) is 13.6. The molecule has 2 heterocycles. The highest BCUT2D eigenvalue weighted by Crippen LogP contribution is 2.41.